The SMILES string of the molecule is COCCc1nc(C(C)(C)C)c(/C=C/C(=O)O)s1. The molecule has 18 heavy (non-hydrogen) atoms. The molecule has 0 amide bonds. The molecule has 1 aromatic heterocycles. The van der Waals surface area contributed by atoms with Gasteiger partial charge in [0.2, 0.25) is 0 Å². The molecule has 0 aromatic carbocycles. The second-order valence-corrected chi connectivity index (χ2v) is 6.10. The average Bonchev–Trinajstić information content (AvgIpc) is 2.66. The van der Waals surface area contributed by atoms with Gasteiger partial charge in [0.05, 0.1) is 22.2 Å². The Morgan fingerprint density at radius 2 is 2.17 bits per heavy atom. The number of thiazole rings is 1. The Hall–Kier alpha value is -1.20. The lowest BCUT2D eigenvalue weighted by Gasteiger charge is -2.16. The lowest BCUT2D eigenvalue weighted by molar-refractivity contribution is -0.131. The van der Waals surface area contributed by atoms with Crippen molar-refractivity contribution < 1.29 is 14.6 Å². The number of carboxylic acids is 1. The number of carboxylic acid groups (broad SMARTS) is 1. The summed E-state index contributed by atoms with van der Waals surface area (Å²) in [6, 6.07) is 0. The highest BCUT2D eigenvalue weighted by Crippen LogP contribution is 2.30. The lowest BCUT2D eigenvalue weighted by Crippen LogP contribution is -2.13. The van der Waals surface area contributed by atoms with Crippen LogP contribution in [-0.4, -0.2) is 29.8 Å². The molecule has 0 spiro atoms. The minimum atomic E-state index is -0.943. The van der Waals surface area contributed by atoms with E-state index in [4.69, 9.17) is 9.84 Å². The lowest BCUT2D eigenvalue weighted by atomic mass is 9.91. The van der Waals surface area contributed by atoms with Crippen molar-refractivity contribution in [3.8, 4) is 0 Å². The molecule has 0 aliphatic heterocycles. The van der Waals surface area contributed by atoms with Gasteiger partial charge in [-0.3, -0.25) is 0 Å². The van der Waals surface area contributed by atoms with E-state index in [0.717, 1.165) is 28.1 Å². The summed E-state index contributed by atoms with van der Waals surface area (Å²) >= 11 is 1.53. The summed E-state index contributed by atoms with van der Waals surface area (Å²) in [6.07, 6.45) is 3.53. The monoisotopic (exact) mass is 269 g/mol. The van der Waals surface area contributed by atoms with E-state index in [-0.39, 0.29) is 5.41 Å². The van der Waals surface area contributed by atoms with Crippen molar-refractivity contribution >= 4 is 23.4 Å². The Kier molecular flexibility index (Phi) is 5.04. The van der Waals surface area contributed by atoms with E-state index in [9.17, 15) is 4.79 Å². The molecule has 1 aromatic rings. The molecule has 0 saturated carbocycles. The van der Waals surface area contributed by atoms with Crippen molar-refractivity contribution in [1.82, 2.24) is 4.98 Å². The molecule has 0 saturated heterocycles. The summed E-state index contributed by atoms with van der Waals surface area (Å²) in [5.74, 6) is -0.943. The second-order valence-electron chi connectivity index (χ2n) is 4.98. The van der Waals surface area contributed by atoms with Gasteiger partial charge in [-0.2, -0.15) is 0 Å². The van der Waals surface area contributed by atoms with Gasteiger partial charge in [-0.15, -0.1) is 11.3 Å². The highest BCUT2D eigenvalue weighted by molar-refractivity contribution is 7.12. The topological polar surface area (TPSA) is 59.4 Å². The first-order valence-corrected chi connectivity index (χ1v) is 6.56. The maximum atomic E-state index is 10.6. The number of ether oxygens (including phenoxy) is 1. The van der Waals surface area contributed by atoms with Crippen LogP contribution in [0.15, 0.2) is 6.08 Å². The summed E-state index contributed by atoms with van der Waals surface area (Å²) in [4.78, 5) is 16.1. The van der Waals surface area contributed by atoms with E-state index in [1.54, 1.807) is 13.2 Å². The van der Waals surface area contributed by atoms with Crippen LogP contribution in [-0.2, 0) is 21.4 Å². The van der Waals surface area contributed by atoms with Crippen molar-refractivity contribution in [3.05, 3.63) is 21.7 Å². The number of nitrogens with zero attached hydrogens (tertiary/aromatic N) is 1. The molecule has 0 aliphatic carbocycles. The van der Waals surface area contributed by atoms with Crippen LogP contribution in [0.2, 0.25) is 0 Å². The van der Waals surface area contributed by atoms with E-state index in [1.807, 2.05) is 0 Å². The van der Waals surface area contributed by atoms with Crippen LogP contribution in [0, 0.1) is 0 Å². The van der Waals surface area contributed by atoms with Crippen molar-refractivity contribution in [1.29, 1.82) is 0 Å². The van der Waals surface area contributed by atoms with Gasteiger partial charge in [-0.25, -0.2) is 9.78 Å². The third-order valence-corrected chi connectivity index (χ3v) is 3.39. The van der Waals surface area contributed by atoms with Crippen LogP contribution < -0.4 is 0 Å². The summed E-state index contributed by atoms with van der Waals surface area (Å²) in [6.45, 7) is 6.83. The zero-order chi connectivity index (χ0) is 13.8. The van der Waals surface area contributed by atoms with Crippen molar-refractivity contribution in [3.63, 3.8) is 0 Å². The first-order valence-electron chi connectivity index (χ1n) is 5.74. The first kappa shape index (κ1) is 14.9. The van der Waals surface area contributed by atoms with Gasteiger partial charge >= 0.3 is 5.97 Å². The van der Waals surface area contributed by atoms with Gasteiger partial charge in [0, 0.05) is 25.0 Å². The Morgan fingerprint density at radius 1 is 1.50 bits per heavy atom. The average molecular weight is 269 g/mol. The molecule has 1 heterocycles. The van der Waals surface area contributed by atoms with Gasteiger partial charge < -0.3 is 9.84 Å². The fourth-order valence-corrected chi connectivity index (χ4v) is 2.63. The highest BCUT2D eigenvalue weighted by Gasteiger charge is 2.22. The molecule has 0 aliphatic rings. The molecule has 1 rings (SSSR count). The number of aromatic nitrogens is 1. The second kappa shape index (κ2) is 6.11. The molecular formula is C13H19NO3S. The summed E-state index contributed by atoms with van der Waals surface area (Å²) in [5, 5.41) is 9.67. The summed E-state index contributed by atoms with van der Waals surface area (Å²) < 4.78 is 5.03. The molecular weight excluding hydrogens is 250 g/mol. The maximum Gasteiger partial charge on any atom is 0.328 e. The van der Waals surface area contributed by atoms with Gasteiger partial charge in [-0.05, 0) is 6.08 Å². The zero-order valence-electron chi connectivity index (χ0n) is 11.2. The number of hydrogen-bond donors (Lipinski definition) is 1. The van der Waals surface area contributed by atoms with Gasteiger partial charge in [0.15, 0.2) is 0 Å². The van der Waals surface area contributed by atoms with Crippen molar-refractivity contribution in [2.75, 3.05) is 13.7 Å². The molecule has 0 unspecified atom stereocenters. The third kappa shape index (κ3) is 4.23. The maximum absolute atomic E-state index is 10.6. The van der Waals surface area contributed by atoms with Crippen LogP contribution in [0.3, 0.4) is 0 Å². The van der Waals surface area contributed by atoms with Crippen LogP contribution in [0.4, 0.5) is 0 Å². The minimum Gasteiger partial charge on any atom is -0.478 e. The fraction of sp³-hybridized carbons (Fsp3) is 0.538. The minimum absolute atomic E-state index is 0.0972. The number of rotatable bonds is 5. The van der Waals surface area contributed by atoms with Crippen LogP contribution in [0.25, 0.3) is 6.08 Å². The van der Waals surface area contributed by atoms with E-state index >= 15 is 0 Å². The predicted molar refractivity (Wildman–Crippen MR) is 73.1 cm³/mol. The van der Waals surface area contributed by atoms with Crippen molar-refractivity contribution in [2.24, 2.45) is 0 Å². The van der Waals surface area contributed by atoms with E-state index < -0.39 is 5.97 Å². The fourth-order valence-electron chi connectivity index (χ4n) is 1.47. The normalized spacial score (nSPS) is 12.2. The van der Waals surface area contributed by atoms with E-state index in [0.29, 0.717) is 6.61 Å². The van der Waals surface area contributed by atoms with Crippen LogP contribution in [0.1, 0.15) is 36.3 Å². The quantitative estimate of drug-likeness (QED) is 0.835. The summed E-state index contributed by atoms with van der Waals surface area (Å²) in [5.41, 5.74) is 0.844. The molecule has 100 valence electrons. The van der Waals surface area contributed by atoms with Gasteiger partial charge in [0.1, 0.15) is 0 Å². The molecule has 4 nitrogen and oxygen atoms in total. The van der Waals surface area contributed by atoms with Crippen LogP contribution in [0.5, 0.6) is 0 Å². The molecule has 0 fully saturated rings. The number of hydrogen-bond acceptors (Lipinski definition) is 4. The molecule has 5 heteroatoms. The van der Waals surface area contributed by atoms with Gasteiger partial charge in [-0.1, -0.05) is 20.8 Å². The van der Waals surface area contributed by atoms with E-state index in [2.05, 4.69) is 25.8 Å². The smallest absolute Gasteiger partial charge is 0.328 e. The highest BCUT2D eigenvalue weighted by atomic mass is 32.1. The summed E-state index contributed by atoms with van der Waals surface area (Å²) in [7, 11) is 1.66. The predicted octanol–water partition coefficient (Wildman–Crippen LogP) is 2.73. The van der Waals surface area contributed by atoms with Gasteiger partial charge in [0.25, 0.3) is 0 Å². The third-order valence-electron chi connectivity index (χ3n) is 2.31. The molecule has 0 radical (unpaired) electrons. The molecule has 0 bridgehead atoms. The zero-order valence-corrected chi connectivity index (χ0v) is 12.0. The number of aliphatic carboxylic acids is 1. The van der Waals surface area contributed by atoms with E-state index in [1.165, 1.54) is 11.3 Å². The Bertz CT molecular complexity index is 444. The number of methoxy groups -OCH3 is 1. The molecule has 1 N–H and O–H groups in total. The Balaban J connectivity index is 3.05. The van der Waals surface area contributed by atoms with Crippen molar-refractivity contribution in [2.45, 2.75) is 32.6 Å². The Labute approximate surface area is 111 Å². The largest absolute Gasteiger partial charge is 0.478 e. The van der Waals surface area contributed by atoms with Crippen LogP contribution >= 0.6 is 11.3 Å². The Morgan fingerprint density at radius 3 is 2.67 bits per heavy atom. The first-order chi connectivity index (χ1) is 8.34. The standard InChI is InChI=1S/C13H19NO3S/c1-13(2,3)12-9(5-6-11(15)16)18-10(14-12)7-8-17-4/h5-6H,7-8H2,1-4H3,(H,15,16)/b6-5+. The molecule has 0 atom stereocenters. The number of carbonyl (C=O) groups is 1.